The third-order valence-corrected chi connectivity index (χ3v) is 19.4. The van der Waals surface area contributed by atoms with Crippen LogP contribution in [0.1, 0.15) is 6.92 Å². The molecule has 0 aliphatic heterocycles. The van der Waals surface area contributed by atoms with Crippen LogP contribution in [0.25, 0.3) is 94.8 Å². The van der Waals surface area contributed by atoms with Gasteiger partial charge < -0.3 is 21.3 Å². The van der Waals surface area contributed by atoms with Crippen molar-refractivity contribution < 1.29 is 0 Å². The van der Waals surface area contributed by atoms with Crippen LogP contribution in [-0.4, -0.2) is 132 Å². The third-order valence-electron chi connectivity index (χ3n) is 15.8. The summed E-state index contributed by atoms with van der Waals surface area (Å²) in [4.78, 5) is 45.1. The summed E-state index contributed by atoms with van der Waals surface area (Å²) in [5.41, 5.74) is 14.8. The molecule has 0 spiro atoms. The maximum atomic E-state index is 4.67. The predicted molar refractivity (Wildman–Crippen MR) is 401 cm³/mol. The van der Waals surface area contributed by atoms with E-state index >= 15 is 0 Å². The van der Waals surface area contributed by atoms with Gasteiger partial charge in [0.25, 0.3) is 0 Å². The number of nitrogens with zero attached hydrogens (tertiary/aromatic N) is 26. The molecule has 0 atom stereocenters. The number of fused-ring (bicyclic) bond motifs is 5. The van der Waals surface area contributed by atoms with Gasteiger partial charge >= 0.3 is 0 Å². The second-order valence-corrected chi connectivity index (χ2v) is 27.1. The number of thioether (sulfide) groups is 1. The van der Waals surface area contributed by atoms with E-state index in [4.69, 9.17) is 0 Å². The van der Waals surface area contributed by atoms with Crippen LogP contribution in [0.2, 0.25) is 0 Å². The highest BCUT2D eigenvalue weighted by molar-refractivity contribution is 8.01. The van der Waals surface area contributed by atoms with Crippen molar-refractivity contribution in [3.8, 4) is 62.0 Å². The first-order chi connectivity index (χ1) is 50.6. The molecule has 0 saturated carbocycles. The molecule has 0 saturated heterocycles. The number of thiazole rings is 2. The standard InChI is InChI=1S/C19H16N8.C19H15N7S.C17H13N7S.C14H14N8S2/c1-25-13-14(11-23-25)16-12-21-19-18(20-9-10-26(16)19)24-17-7-8-22-27(17)15-5-3-2-4-6-15;1-25-11-14(9-22-25)16-10-21-18-17(20-7-8-26(16)18)24-19-23-15(12-27-19)13-5-3-2-4-6-13;1-23-10-11(8-20-23)13-9-19-16-15(18-6-7-24(13)16)22-17-21-12-4-2-3-5-14(12)25-17;1-3-23-14-20-19-13(24-14)18-11-12-16-7-10(22(12)5-4-15-11)9-6-17-21(2)8-9/h2-13H,1H3,(H,20,24);2-12H,1H3,(H,20,23,24);2-10H,1H3,(H,18,21,22);4-8H,3H2,1-2H3,(H,15,18,19). The average Bonchev–Trinajstić information content (AvgIpc) is 1.66. The van der Waals surface area contributed by atoms with Gasteiger partial charge in [0.05, 0.1) is 100 Å². The summed E-state index contributed by atoms with van der Waals surface area (Å²) in [5, 5.41) is 47.1. The Morgan fingerprint density at radius 3 is 1.31 bits per heavy atom. The van der Waals surface area contributed by atoms with Gasteiger partial charge in [0.15, 0.2) is 60.5 Å². The Morgan fingerprint density at radius 2 is 0.845 bits per heavy atom. The molecule has 0 fully saturated rings. The first-order valence-corrected chi connectivity index (χ1v) is 35.3. The molecule has 19 rings (SSSR count). The summed E-state index contributed by atoms with van der Waals surface area (Å²) in [6.45, 7) is 2.09. The molecule has 19 aromatic rings. The normalized spacial score (nSPS) is 11.2. The van der Waals surface area contributed by atoms with Gasteiger partial charge in [0.2, 0.25) is 5.13 Å². The smallest absolute Gasteiger partial charge is 0.212 e. The molecule has 16 heterocycles. The van der Waals surface area contributed by atoms with E-state index in [0.717, 1.165) is 121 Å². The van der Waals surface area contributed by atoms with Gasteiger partial charge in [-0.25, -0.2) is 54.5 Å². The Bertz CT molecular complexity index is 6060. The van der Waals surface area contributed by atoms with E-state index in [2.05, 4.69) is 120 Å². The molecule has 0 aliphatic rings. The molecular formula is C69H58N30S4. The molecule has 30 nitrogen and oxygen atoms in total. The summed E-state index contributed by atoms with van der Waals surface area (Å²) in [6, 6.07) is 30.0. The molecular weight excluding hydrogens is 1380 g/mol. The third kappa shape index (κ3) is 13.7. The Morgan fingerprint density at radius 1 is 0.398 bits per heavy atom. The molecule has 103 heavy (non-hydrogen) atoms. The van der Waals surface area contributed by atoms with Crippen molar-refractivity contribution in [2.24, 2.45) is 28.2 Å². The molecule has 4 N–H and O–H groups in total. The van der Waals surface area contributed by atoms with Gasteiger partial charge in [-0.2, -0.15) is 25.5 Å². The van der Waals surface area contributed by atoms with Crippen molar-refractivity contribution in [3.63, 3.8) is 0 Å². The van der Waals surface area contributed by atoms with E-state index in [9.17, 15) is 0 Å². The zero-order valence-corrected chi connectivity index (χ0v) is 58.6. The second-order valence-electron chi connectivity index (χ2n) is 22.7. The van der Waals surface area contributed by atoms with Crippen molar-refractivity contribution in [3.05, 3.63) is 227 Å². The Kier molecular flexibility index (Phi) is 17.9. The number of aryl methyl sites for hydroxylation is 4. The summed E-state index contributed by atoms with van der Waals surface area (Å²) in [5.74, 6) is 4.44. The minimum Gasteiger partial charge on any atom is -0.322 e. The van der Waals surface area contributed by atoms with Crippen LogP contribution in [0, 0.1) is 0 Å². The number of imidazole rings is 4. The van der Waals surface area contributed by atoms with Crippen molar-refractivity contribution in [1.29, 1.82) is 0 Å². The lowest BCUT2D eigenvalue weighted by Gasteiger charge is -2.10. The summed E-state index contributed by atoms with van der Waals surface area (Å²) in [6.07, 6.45) is 38.7. The lowest BCUT2D eigenvalue weighted by molar-refractivity contribution is 0.768. The number of benzene rings is 3. The first-order valence-electron chi connectivity index (χ1n) is 31.8. The fourth-order valence-electron chi connectivity index (χ4n) is 11.1. The zero-order valence-electron chi connectivity index (χ0n) is 55.3. The van der Waals surface area contributed by atoms with E-state index < -0.39 is 0 Å². The van der Waals surface area contributed by atoms with Crippen molar-refractivity contribution >= 4 is 123 Å². The SMILES string of the molecule is CCSc1nnc(Nc2nccn3c(-c4cnn(C)c4)cnc23)s1.Cn1cc(-c2cnc3c(Nc4ccnn4-c4ccccc4)nccn23)cn1.Cn1cc(-c2cnc3c(Nc4nc(-c5ccccc5)cs4)nccn23)cn1.Cn1cc(-c2cnc3c(Nc4nc5ccccc5s4)nccn23)cn1. The van der Waals surface area contributed by atoms with Gasteiger partial charge in [-0.1, -0.05) is 102 Å². The second kappa shape index (κ2) is 28.6. The minimum atomic E-state index is 0.650. The van der Waals surface area contributed by atoms with Gasteiger partial charge in [0, 0.05) is 142 Å². The van der Waals surface area contributed by atoms with Gasteiger partial charge in [-0.15, -0.1) is 21.5 Å². The number of aromatic nitrogens is 26. The Balaban J connectivity index is 0.000000106. The number of hydrogen-bond acceptors (Lipinski definition) is 25. The van der Waals surface area contributed by atoms with Crippen LogP contribution in [0.5, 0.6) is 0 Å². The molecule has 3 aromatic carbocycles. The van der Waals surface area contributed by atoms with Crippen molar-refractivity contribution in [2.75, 3.05) is 27.0 Å². The summed E-state index contributed by atoms with van der Waals surface area (Å²) < 4.78 is 19.0. The van der Waals surface area contributed by atoms with Gasteiger partial charge in [-0.05, 0) is 30.0 Å². The topological polar surface area (TPSA) is 310 Å². The van der Waals surface area contributed by atoms with E-state index in [0.29, 0.717) is 28.4 Å². The van der Waals surface area contributed by atoms with Crippen molar-refractivity contribution in [2.45, 2.75) is 11.3 Å². The molecule has 34 heteroatoms. The molecule has 0 radical (unpaired) electrons. The highest BCUT2D eigenvalue weighted by Gasteiger charge is 2.19. The molecule has 0 amide bonds. The lowest BCUT2D eigenvalue weighted by atomic mass is 10.2. The van der Waals surface area contributed by atoms with Crippen LogP contribution in [0.3, 0.4) is 0 Å². The first kappa shape index (κ1) is 64.5. The van der Waals surface area contributed by atoms with Crippen LogP contribution in [0.4, 0.5) is 44.5 Å². The minimum absolute atomic E-state index is 0.650. The fraction of sp³-hybridized carbons (Fsp3) is 0.0870. The number of hydrogen-bond donors (Lipinski definition) is 4. The van der Waals surface area contributed by atoms with Crippen LogP contribution in [0.15, 0.2) is 231 Å². The maximum absolute atomic E-state index is 4.67. The van der Waals surface area contributed by atoms with Crippen LogP contribution in [-0.2, 0) is 28.2 Å². The lowest BCUT2D eigenvalue weighted by Crippen LogP contribution is -2.04. The molecule has 0 aliphatic carbocycles. The molecule has 0 bridgehead atoms. The zero-order chi connectivity index (χ0) is 69.8. The number of rotatable bonds is 16. The maximum Gasteiger partial charge on any atom is 0.212 e. The largest absolute Gasteiger partial charge is 0.322 e. The van der Waals surface area contributed by atoms with Crippen LogP contribution < -0.4 is 21.3 Å². The molecule has 0 unspecified atom stereocenters. The Labute approximate surface area is 600 Å². The number of nitrogens with one attached hydrogen (secondary N) is 4. The quantitative estimate of drug-likeness (QED) is 0.0653. The van der Waals surface area contributed by atoms with E-state index in [1.807, 2.05) is 240 Å². The summed E-state index contributed by atoms with van der Waals surface area (Å²) >= 11 is 6.31. The predicted octanol–water partition coefficient (Wildman–Crippen LogP) is 13.4. The molecule has 508 valence electrons. The number of para-hydroxylation sites is 2. The average molecular weight is 1440 g/mol. The highest BCUT2D eigenvalue weighted by atomic mass is 32.2. The number of anilines is 8. The van der Waals surface area contributed by atoms with Gasteiger partial charge in [0.1, 0.15) is 5.82 Å². The van der Waals surface area contributed by atoms with Crippen molar-refractivity contribution in [1.82, 2.24) is 127 Å². The summed E-state index contributed by atoms with van der Waals surface area (Å²) in [7, 11) is 7.58. The highest BCUT2D eigenvalue weighted by Crippen LogP contribution is 2.34. The fourth-order valence-corrected chi connectivity index (χ4v) is 14.4. The Hall–Kier alpha value is -13.2. The van der Waals surface area contributed by atoms with E-state index in [1.54, 1.807) is 84.1 Å². The van der Waals surface area contributed by atoms with E-state index in [-0.39, 0.29) is 0 Å². The molecule has 16 aromatic heterocycles. The monoisotopic (exact) mass is 1430 g/mol. The van der Waals surface area contributed by atoms with Gasteiger partial charge in [-0.3, -0.25) is 36.3 Å². The van der Waals surface area contributed by atoms with E-state index in [1.165, 1.54) is 11.3 Å². The van der Waals surface area contributed by atoms with Crippen LogP contribution >= 0.6 is 45.8 Å².